The van der Waals surface area contributed by atoms with Crippen LogP contribution in [0.25, 0.3) is 93.3 Å². The van der Waals surface area contributed by atoms with Crippen molar-refractivity contribution in [2.24, 2.45) is 0 Å². The average molecular weight is 610 g/mol. The van der Waals surface area contributed by atoms with Gasteiger partial charge >= 0.3 is 0 Å². The van der Waals surface area contributed by atoms with E-state index in [0.29, 0.717) is 0 Å². The zero-order valence-electron chi connectivity index (χ0n) is 26.0. The van der Waals surface area contributed by atoms with Crippen molar-refractivity contribution >= 4 is 59.8 Å². The van der Waals surface area contributed by atoms with Gasteiger partial charge in [-0.05, 0) is 81.3 Å². The molecule has 48 heavy (non-hydrogen) atoms. The lowest BCUT2D eigenvalue weighted by molar-refractivity contribution is 0.689. The fourth-order valence-corrected chi connectivity index (χ4v) is 9.36. The highest BCUT2D eigenvalue weighted by atomic mass is 14.9. The Balaban J connectivity index is 1.28. The van der Waals surface area contributed by atoms with Gasteiger partial charge in [-0.3, -0.25) is 0 Å². The molecule has 2 aliphatic rings. The van der Waals surface area contributed by atoms with Crippen LogP contribution < -0.4 is 0 Å². The predicted octanol–water partition coefficient (Wildman–Crippen LogP) is 11.3. The van der Waals surface area contributed by atoms with Crippen LogP contribution in [0.3, 0.4) is 0 Å². The van der Waals surface area contributed by atoms with E-state index in [9.17, 15) is 0 Å². The zero-order valence-corrected chi connectivity index (χ0v) is 26.0. The summed E-state index contributed by atoms with van der Waals surface area (Å²) in [6.45, 7) is 0. The first-order valence-corrected chi connectivity index (χ1v) is 16.9. The molecule has 2 aliphatic carbocycles. The predicted molar refractivity (Wildman–Crippen MR) is 198 cm³/mol. The van der Waals surface area contributed by atoms with Crippen LogP contribution in [0, 0.1) is 0 Å². The monoisotopic (exact) mass is 609 g/mol. The van der Waals surface area contributed by atoms with Gasteiger partial charge in [0.1, 0.15) is 5.82 Å². The zero-order chi connectivity index (χ0) is 31.1. The van der Waals surface area contributed by atoms with E-state index in [1.165, 1.54) is 93.2 Å². The van der Waals surface area contributed by atoms with Gasteiger partial charge in [0.2, 0.25) is 0 Å². The summed E-state index contributed by atoms with van der Waals surface area (Å²) in [5.74, 6) is 0.938. The Hall–Kier alpha value is -6.06. The molecular formula is C45H27N3. The summed E-state index contributed by atoms with van der Waals surface area (Å²) in [6, 6.07) is 49.2. The molecule has 222 valence electrons. The molecule has 0 saturated heterocycles. The molecule has 3 heteroatoms. The molecule has 10 aromatic rings. The molecule has 0 aliphatic heterocycles. The third-order valence-electron chi connectivity index (χ3n) is 11.3. The van der Waals surface area contributed by atoms with Gasteiger partial charge in [0.05, 0.1) is 27.8 Å². The van der Waals surface area contributed by atoms with Gasteiger partial charge in [0, 0.05) is 38.4 Å². The van der Waals surface area contributed by atoms with Gasteiger partial charge in [0.25, 0.3) is 0 Å². The highest BCUT2D eigenvalue weighted by Crippen LogP contribution is 2.53. The Morgan fingerprint density at radius 2 is 1.27 bits per heavy atom. The van der Waals surface area contributed by atoms with E-state index in [1.54, 1.807) is 0 Å². The maximum absolute atomic E-state index is 5.56. The number of hydrogen-bond acceptors (Lipinski definition) is 2. The summed E-state index contributed by atoms with van der Waals surface area (Å²) in [4.78, 5) is 11.0. The molecule has 0 saturated carbocycles. The summed E-state index contributed by atoms with van der Waals surface area (Å²) in [6.07, 6.45) is 1.89. The first kappa shape index (κ1) is 25.1. The van der Waals surface area contributed by atoms with Crippen LogP contribution in [0.15, 0.2) is 133 Å². The molecule has 0 bridgehead atoms. The van der Waals surface area contributed by atoms with Gasteiger partial charge in [-0.25, -0.2) is 9.97 Å². The summed E-state index contributed by atoms with van der Waals surface area (Å²) in [7, 11) is 0. The number of rotatable bonds is 1. The summed E-state index contributed by atoms with van der Waals surface area (Å²) in [5.41, 5.74) is 15.1. The fourth-order valence-electron chi connectivity index (χ4n) is 9.36. The van der Waals surface area contributed by atoms with Gasteiger partial charge in [-0.2, -0.15) is 0 Å². The van der Waals surface area contributed by atoms with E-state index in [-0.39, 0.29) is 5.92 Å². The van der Waals surface area contributed by atoms with Crippen molar-refractivity contribution in [3.63, 3.8) is 0 Å². The molecule has 0 N–H and O–H groups in total. The van der Waals surface area contributed by atoms with Crippen molar-refractivity contribution in [1.29, 1.82) is 0 Å². The summed E-state index contributed by atoms with van der Waals surface area (Å²) >= 11 is 0. The highest BCUT2D eigenvalue weighted by molar-refractivity contribution is 6.26. The van der Waals surface area contributed by atoms with E-state index in [4.69, 9.17) is 9.97 Å². The van der Waals surface area contributed by atoms with Crippen molar-refractivity contribution in [2.75, 3.05) is 0 Å². The quantitative estimate of drug-likeness (QED) is 0.185. The lowest BCUT2D eigenvalue weighted by Crippen LogP contribution is -2.09. The minimum absolute atomic E-state index is 0.0141. The molecule has 12 rings (SSSR count). The summed E-state index contributed by atoms with van der Waals surface area (Å²) in [5, 5.41) is 9.02. The smallest absolute Gasteiger partial charge is 0.137 e. The largest absolute Gasteiger partial charge is 0.308 e. The average Bonchev–Trinajstić information content (AvgIpc) is 3.73. The molecule has 0 fully saturated rings. The van der Waals surface area contributed by atoms with E-state index in [0.717, 1.165) is 29.9 Å². The maximum Gasteiger partial charge on any atom is 0.137 e. The number of hydrogen-bond donors (Lipinski definition) is 0. The number of nitrogens with zero attached hydrogens (tertiary/aromatic N) is 3. The van der Waals surface area contributed by atoms with Crippen molar-refractivity contribution in [3.8, 4) is 33.5 Å². The molecule has 7 aromatic carbocycles. The molecule has 1 atom stereocenters. The standard InChI is InChI=1S/C45H27N3/c1-2-11-27-25(10-1)20-21-26-22-23-33(45-46-36-17-9-16-30-28-12-3-4-14-31(28)43(47-45)41(30)36)40-35(39(26)27)24-34-29-13-5-7-18-37(29)48-38-19-8-6-15-32(38)42(40)44(34)48/h1-21,24,33H,22-23H2. The minimum atomic E-state index is 0.0141. The molecule has 0 spiro atoms. The number of aryl methyl sites for hydroxylation is 1. The van der Waals surface area contributed by atoms with Gasteiger partial charge in [-0.1, -0.05) is 109 Å². The highest BCUT2D eigenvalue weighted by Gasteiger charge is 2.34. The third kappa shape index (κ3) is 3.01. The van der Waals surface area contributed by atoms with Crippen LogP contribution in [-0.2, 0) is 6.42 Å². The number of para-hydroxylation sites is 2. The second-order valence-corrected chi connectivity index (χ2v) is 13.6. The van der Waals surface area contributed by atoms with Crippen LogP contribution in [-0.4, -0.2) is 14.4 Å². The van der Waals surface area contributed by atoms with Crippen molar-refractivity contribution in [3.05, 3.63) is 150 Å². The second-order valence-electron chi connectivity index (χ2n) is 13.6. The number of benzene rings is 7. The molecule has 0 radical (unpaired) electrons. The Bertz CT molecular complexity index is 3020. The SMILES string of the molecule is c1ccc2c(c1)-c1cccc3nc(C4CCc5ccc6ccccc6c5-c5cc6c7ccccc7n7c8ccccc8c(c54)c67)nc-2c13. The molecule has 3 heterocycles. The van der Waals surface area contributed by atoms with Crippen LogP contribution >= 0.6 is 0 Å². The van der Waals surface area contributed by atoms with Crippen LogP contribution in [0.2, 0.25) is 0 Å². The normalized spacial score (nSPS) is 15.1. The Morgan fingerprint density at radius 1 is 0.542 bits per heavy atom. The van der Waals surface area contributed by atoms with E-state index < -0.39 is 0 Å². The minimum Gasteiger partial charge on any atom is -0.308 e. The van der Waals surface area contributed by atoms with Crippen molar-refractivity contribution in [2.45, 2.75) is 18.8 Å². The topological polar surface area (TPSA) is 30.2 Å². The van der Waals surface area contributed by atoms with Crippen LogP contribution in [0.5, 0.6) is 0 Å². The molecule has 3 nitrogen and oxygen atoms in total. The number of aromatic nitrogens is 3. The van der Waals surface area contributed by atoms with Gasteiger partial charge in [0.15, 0.2) is 0 Å². The van der Waals surface area contributed by atoms with Crippen molar-refractivity contribution < 1.29 is 0 Å². The van der Waals surface area contributed by atoms with Crippen LogP contribution in [0.1, 0.15) is 29.3 Å². The van der Waals surface area contributed by atoms with Gasteiger partial charge < -0.3 is 4.40 Å². The Labute approximate surface area is 276 Å². The van der Waals surface area contributed by atoms with E-state index >= 15 is 0 Å². The molecule has 0 amide bonds. The Kier molecular flexibility index (Phi) is 4.62. The summed E-state index contributed by atoms with van der Waals surface area (Å²) < 4.78 is 2.50. The lowest BCUT2D eigenvalue weighted by Gasteiger charge is -2.20. The second kappa shape index (κ2) is 8.84. The van der Waals surface area contributed by atoms with Crippen molar-refractivity contribution in [1.82, 2.24) is 14.4 Å². The number of fused-ring (bicyclic) bond motifs is 15. The van der Waals surface area contributed by atoms with E-state index in [1.807, 2.05) is 0 Å². The fraction of sp³-hybridized carbons (Fsp3) is 0.0667. The molecule has 1 unspecified atom stereocenters. The van der Waals surface area contributed by atoms with E-state index in [2.05, 4.69) is 138 Å². The van der Waals surface area contributed by atoms with Crippen LogP contribution in [0.4, 0.5) is 0 Å². The lowest BCUT2D eigenvalue weighted by atomic mass is 9.84. The van der Waals surface area contributed by atoms with Gasteiger partial charge in [-0.15, -0.1) is 0 Å². The third-order valence-corrected chi connectivity index (χ3v) is 11.3. The first-order valence-electron chi connectivity index (χ1n) is 16.9. The first-order chi connectivity index (χ1) is 23.8. The molecular weight excluding hydrogens is 583 g/mol. The molecule has 3 aromatic heterocycles. The maximum atomic E-state index is 5.56. The Morgan fingerprint density at radius 3 is 2.17 bits per heavy atom.